The lowest BCUT2D eigenvalue weighted by atomic mass is 9.60. The fourth-order valence-corrected chi connectivity index (χ4v) is 34.7. The molecule has 30 heteroatoms. The Morgan fingerprint density at radius 3 is 1.27 bits per heavy atom. The first-order chi connectivity index (χ1) is 64.3. The van der Waals surface area contributed by atoms with Gasteiger partial charge in [0, 0.05) is 93.6 Å². The van der Waals surface area contributed by atoms with Crippen molar-refractivity contribution in [3.8, 4) is 0 Å². The molecule has 41 atom stereocenters. The van der Waals surface area contributed by atoms with Crippen molar-refractivity contribution >= 4 is 95.3 Å². The average molecular weight is 1890 g/mol. The number of methoxy groups -OCH3 is 3. The predicted octanol–water partition coefficient (Wildman–Crippen LogP) is 13.2. The van der Waals surface area contributed by atoms with Gasteiger partial charge >= 0.3 is 83.6 Å². The maximum Gasteiger partial charge on any atom is 0.333 e. The van der Waals surface area contributed by atoms with Gasteiger partial charge in [-0.15, -0.1) is 11.8 Å². The first-order valence-electron chi connectivity index (χ1n) is 49.6. The SMILES string of the molecule is C=C(C)C(=O)OC.C=C(C)C(=O)OC1C2CC3C(=O)OC1C3C2.C=C(C)C(=O)OC1C2CC3C(=O)OC1C3O2.C=C(C)C(=O)OC1C2CC3C(=O)OC1C3S2.C=C(C)C(=O)OC1C2CC3C1OC(=O)C3(C)C2.C=CC(=O)OC.C=CC(=O)OC.O=C1CCC2(CC3CC2C2C4CCC(C4)C32)O1.O=C1CCC2(CC3CC2C2C4CCC(C4)C32)O1.O=C1OCCC12CC1CC2C2C3CCC(C3)C12. The number of thioether (sulfide) groups is 1. The van der Waals surface area contributed by atoms with E-state index < -0.39 is 36.1 Å². The van der Waals surface area contributed by atoms with E-state index in [2.05, 4.69) is 60.3 Å². The normalized spacial score (nSPS) is 45.8. The van der Waals surface area contributed by atoms with Crippen LogP contribution in [-0.4, -0.2) is 194 Å². The fourth-order valence-electron chi connectivity index (χ4n) is 32.8. The van der Waals surface area contributed by atoms with Crippen LogP contribution in [-0.2, 0) is 138 Å². The van der Waals surface area contributed by atoms with Gasteiger partial charge < -0.3 is 71.1 Å². The first kappa shape index (κ1) is 96.3. The molecule has 0 aromatic carbocycles. The van der Waals surface area contributed by atoms with Crippen LogP contribution < -0.4 is 0 Å². The third kappa shape index (κ3) is 16.7. The number of esters is 14. The molecule has 11 aliphatic heterocycles. The van der Waals surface area contributed by atoms with Crippen molar-refractivity contribution < 1.29 is 138 Å². The van der Waals surface area contributed by atoms with E-state index in [1.165, 1.54) is 118 Å². The second-order valence-corrected chi connectivity index (χ2v) is 46.0. The minimum atomic E-state index is -0.461. The van der Waals surface area contributed by atoms with Crippen LogP contribution in [0.5, 0.6) is 0 Å². The Kier molecular flexibility index (Phi) is 26.4. The summed E-state index contributed by atoms with van der Waals surface area (Å²) < 4.78 is 77.6. The minimum Gasteiger partial charge on any atom is -0.466 e. The second kappa shape index (κ2) is 37.0. The van der Waals surface area contributed by atoms with E-state index >= 15 is 0 Å². The number of cyclic esters (lactones) is 1. The van der Waals surface area contributed by atoms with Crippen molar-refractivity contribution in [2.75, 3.05) is 27.9 Å². The average Bonchev–Trinajstić information content (AvgIpc) is 1.53. The molecule has 27 aliphatic rings. The monoisotopic (exact) mass is 1890 g/mol. The van der Waals surface area contributed by atoms with Crippen LogP contribution in [0.15, 0.2) is 86.1 Å². The summed E-state index contributed by atoms with van der Waals surface area (Å²) in [5.74, 6) is 14.9. The lowest BCUT2D eigenvalue weighted by Gasteiger charge is -2.43. The number of carbonyl (C=O) groups excluding carboxylic acids is 14. The molecule has 20 bridgehead atoms. The van der Waals surface area contributed by atoms with Crippen molar-refractivity contribution in [2.24, 2.45) is 159 Å². The Bertz CT molecular complexity index is 4660. The summed E-state index contributed by atoms with van der Waals surface area (Å²) in [5, 5.41) is 0.412. The number of fused-ring (bicyclic) bond motifs is 34. The molecule has 135 heavy (non-hydrogen) atoms. The zero-order chi connectivity index (χ0) is 96.2. The maximum atomic E-state index is 12.2. The zero-order valence-corrected chi connectivity index (χ0v) is 80.1. The summed E-state index contributed by atoms with van der Waals surface area (Å²) in [6.07, 6.45) is 30.0. The largest absolute Gasteiger partial charge is 0.466 e. The van der Waals surface area contributed by atoms with Gasteiger partial charge in [-0.25, -0.2) is 33.6 Å². The van der Waals surface area contributed by atoms with Crippen LogP contribution in [0.3, 0.4) is 0 Å². The predicted molar refractivity (Wildman–Crippen MR) is 480 cm³/mol. The smallest absolute Gasteiger partial charge is 0.333 e. The number of rotatable bonds is 11. The maximum absolute atomic E-state index is 12.2. The van der Waals surface area contributed by atoms with Gasteiger partial charge in [0.2, 0.25) is 0 Å². The van der Waals surface area contributed by atoms with Crippen LogP contribution in [0.2, 0.25) is 0 Å². The third-order valence-corrected chi connectivity index (χ3v) is 39.4. The summed E-state index contributed by atoms with van der Waals surface area (Å²) in [4.78, 5) is 157. The standard InChI is InChI=1S/3C15H20O2.C13H16O4.C12H14O4.C11H12O5.C11H12O4S.C5H8O2.2C4H6O2/c16-14-15(3-4-17-14)7-10-6-11(15)13-9-2-1-8(5-9)12(10)13;2*16-12-3-4-15(17-12)7-10-6-11(15)14-9-2-1-8(5-9)13(10)14;1-6(2)11(14)16-9-7-4-8-10(9)17-12(15)13(8,3)5-7;1-5(2)11(13)15-9-6-3-7-8(4-6)12(14)16-10(7)9;1-4(2)10(12)15-8-6-3-5-7(14-6)9(8)16-11(5)13;1-4(2)10(12)14-7-6-3-5-9(16-6)8(7)15-11(5)13;1-4(2)5(6)7-3;2*1-3-4(5)6-2/h8-13H,1-7H2;2*8-11,13-14H,1-7H2;7-10H,1,4-5H2,2-3H3;6-10H,1,3-4H2,2H3;2*5-9H,1,3H2,2H3;1H2,2-3H3;2*3H,1H2,2H3. The summed E-state index contributed by atoms with van der Waals surface area (Å²) in [5.41, 5.74) is 1.64. The highest BCUT2D eigenvalue weighted by molar-refractivity contribution is 8.01. The molecule has 11 saturated heterocycles. The highest BCUT2D eigenvalue weighted by Gasteiger charge is 2.75. The molecule has 734 valence electrons. The van der Waals surface area contributed by atoms with Gasteiger partial charge in [0.1, 0.15) is 41.7 Å². The second-order valence-electron chi connectivity index (χ2n) is 44.6. The van der Waals surface area contributed by atoms with Gasteiger partial charge in [-0.05, 0) is 290 Å². The molecule has 41 unspecified atom stereocenters. The van der Waals surface area contributed by atoms with E-state index in [-0.39, 0.29) is 177 Å². The molecular formula is C105H134O29S. The molecule has 27 fully saturated rings. The first-order valence-corrected chi connectivity index (χ1v) is 50.6. The molecule has 11 heterocycles. The Morgan fingerprint density at radius 1 is 0.385 bits per heavy atom. The molecule has 16 saturated carbocycles. The van der Waals surface area contributed by atoms with Gasteiger partial charge in [0.25, 0.3) is 0 Å². The molecule has 3 spiro atoms. The number of hydrogen-bond donors (Lipinski definition) is 0. The number of carbonyl (C=O) groups is 14. The highest BCUT2D eigenvalue weighted by Crippen LogP contribution is 2.76. The van der Waals surface area contributed by atoms with Crippen molar-refractivity contribution in [3.05, 3.63) is 86.1 Å². The molecule has 0 amide bonds. The Morgan fingerprint density at radius 2 is 0.822 bits per heavy atom. The van der Waals surface area contributed by atoms with Crippen LogP contribution >= 0.6 is 11.8 Å². The van der Waals surface area contributed by atoms with E-state index in [1.54, 1.807) is 46.4 Å². The highest BCUT2D eigenvalue weighted by atomic mass is 32.2. The Balaban J connectivity index is 0.000000102. The molecule has 0 aromatic rings. The van der Waals surface area contributed by atoms with Crippen molar-refractivity contribution in [1.29, 1.82) is 0 Å². The van der Waals surface area contributed by atoms with Crippen molar-refractivity contribution in [1.82, 2.24) is 0 Å². The lowest BCUT2D eigenvalue weighted by molar-refractivity contribution is -0.158. The van der Waals surface area contributed by atoms with E-state index in [4.69, 9.17) is 56.8 Å². The van der Waals surface area contributed by atoms with E-state index in [0.717, 1.165) is 164 Å². The van der Waals surface area contributed by atoms with Gasteiger partial charge in [-0.1, -0.05) is 46.1 Å². The van der Waals surface area contributed by atoms with Crippen molar-refractivity contribution in [2.45, 2.75) is 291 Å². The van der Waals surface area contributed by atoms with Gasteiger partial charge in [-0.3, -0.25) is 33.6 Å². The molecule has 0 N–H and O–H groups in total. The van der Waals surface area contributed by atoms with Crippen molar-refractivity contribution in [3.63, 3.8) is 0 Å². The summed E-state index contributed by atoms with van der Waals surface area (Å²) >= 11 is 1.72. The number of hydrogen-bond acceptors (Lipinski definition) is 30. The summed E-state index contributed by atoms with van der Waals surface area (Å²) in [6.45, 7) is 34.6. The zero-order valence-electron chi connectivity index (χ0n) is 79.3. The van der Waals surface area contributed by atoms with Gasteiger partial charge in [0.15, 0.2) is 24.4 Å². The summed E-state index contributed by atoms with van der Waals surface area (Å²) in [7, 11) is 3.95. The minimum absolute atomic E-state index is 0.00366. The van der Waals surface area contributed by atoms with Gasteiger partial charge in [0.05, 0.1) is 67.9 Å². The Hall–Kier alpha value is -8.93. The van der Waals surface area contributed by atoms with Crippen LogP contribution in [0.4, 0.5) is 0 Å². The fraction of sp³-hybridized carbons (Fsp3) is 0.733. The van der Waals surface area contributed by atoms with E-state index in [0.29, 0.717) is 65.6 Å². The Labute approximate surface area is 793 Å². The van der Waals surface area contributed by atoms with E-state index in [9.17, 15) is 67.1 Å². The number of ether oxygens (including phenoxy) is 15. The molecular weight excluding hydrogens is 1760 g/mol. The quantitative estimate of drug-likeness (QED) is 0.0802. The van der Waals surface area contributed by atoms with E-state index in [1.807, 2.05) is 6.92 Å². The lowest BCUT2D eigenvalue weighted by Crippen LogP contribution is -2.44. The molecule has 29 nitrogen and oxygen atoms in total. The summed E-state index contributed by atoms with van der Waals surface area (Å²) in [6, 6.07) is 0. The third-order valence-electron chi connectivity index (χ3n) is 37.6. The van der Waals surface area contributed by atoms with Crippen LogP contribution in [0, 0.1) is 159 Å². The molecule has 16 aliphatic carbocycles. The van der Waals surface area contributed by atoms with Gasteiger partial charge in [-0.2, -0.15) is 0 Å². The van der Waals surface area contributed by atoms with Crippen LogP contribution in [0.1, 0.15) is 208 Å². The topological polar surface area (TPSA) is 377 Å². The molecule has 0 aromatic heterocycles. The molecule has 27 rings (SSSR count). The molecule has 0 radical (unpaired) electrons. The van der Waals surface area contributed by atoms with Crippen LogP contribution in [0.25, 0.3) is 0 Å².